The Morgan fingerprint density at radius 2 is 1.93 bits per heavy atom. The summed E-state index contributed by atoms with van der Waals surface area (Å²) >= 11 is 0. The van der Waals surface area contributed by atoms with Gasteiger partial charge in [-0.3, -0.25) is 0 Å². The lowest BCUT2D eigenvalue weighted by molar-refractivity contribution is -0.00629. The van der Waals surface area contributed by atoms with Crippen molar-refractivity contribution in [3.63, 3.8) is 0 Å². The molecule has 0 radical (unpaired) electrons. The van der Waals surface area contributed by atoms with Gasteiger partial charge in [-0.1, -0.05) is 20.8 Å². The largest absolute Gasteiger partial charge is 0.389 e. The minimum atomic E-state index is -0.650. The average Bonchev–Trinajstić information content (AvgIpc) is 2.11. The van der Waals surface area contributed by atoms with Crippen molar-refractivity contribution in [2.24, 2.45) is 5.92 Å². The predicted molar refractivity (Wildman–Crippen MR) is 59.4 cm³/mol. The molecule has 0 saturated heterocycles. The van der Waals surface area contributed by atoms with Crippen LogP contribution >= 0.6 is 0 Å². The van der Waals surface area contributed by atoms with Gasteiger partial charge in [0.05, 0.1) is 5.60 Å². The Bertz CT molecular complexity index is 146. The molecule has 0 aromatic heterocycles. The van der Waals surface area contributed by atoms with Crippen LogP contribution in [0.5, 0.6) is 0 Å². The third-order valence-electron chi connectivity index (χ3n) is 2.68. The van der Waals surface area contributed by atoms with E-state index < -0.39 is 5.60 Å². The second-order valence-electron chi connectivity index (χ2n) is 4.58. The Kier molecular flexibility index (Phi) is 6.33. The van der Waals surface area contributed by atoms with E-state index in [0.717, 1.165) is 6.42 Å². The Labute approximate surface area is 87.8 Å². The Balaban J connectivity index is 3.89. The van der Waals surface area contributed by atoms with Gasteiger partial charge in [0, 0.05) is 26.3 Å². The summed E-state index contributed by atoms with van der Waals surface area (Å²) in [5.74, 6) is 0.244. The third kappa shape index (κ3) is 5.58. The van der Waals surface area contributed by atoms with E-state index in [9.17, 15) is 5.11 Å². The van der Waals surface area contributed by atoms with Gasteiger partial charge >= 0.3 is 0 Å². The first-order chi connectivity index (χ1) is 6.40. The van der Waals surface area contributed by atoms with Crippen LogP contribution in [0.15, 0.2) is 0 Å². The molecule has 3 heteroatoms. The summed E-state index contributed by atoms with van der Waals surface area (Å²) in [6.45, 7) is 9.43. The number of ether oxygens (including phenoxy) is 1. The lowest BCUT2D eigenvalue weighted by atomic mass is 9.88. The topological polar surface area (TPSA) is 41.5 Å². The normalized spacial score (nSPS) is 18.2. The van der Waals surface area contributed by atoms with Crippen LogP contribution < -0.4 is 5.32 Å². The van der Waals surface area contributed by atoms with E-state index in [1.165, 1.54) is 0 Å². The third-order valence-corrected chi connectivity index (χ3v) is 2.68. The van der Waals surface area contributed by atoms with Crippen LogP contribution in [0.4, 0.5) is 0 Å². The molecule has 0 amide bonds. The summed E-state index contributed by atoms with van der Waals surface area (Å²) < 4.78 is 5.00. The molecular formula is C11H25NO2. The molecule has 86 valence electrons. The molecule has 0 heterocycles. The number of rotatable bonds is 7. The molecule has 0 aromatic rings. The van der Waals surface area contributed by atoms with Crippen molar-refractivity contribution >= 4 is 0 Å². The van der Waals surface area contributed by atoms with E-state index in [-0.39, 0.29) is 5.92 Å². The van der Waals surface area contributed by atoms with Crippen LogP contribution in [-0.4, -0.2) is 37.0 Å². The zero-order valence-corrected chi connectivity index (χ0v) is 10.1. The van der Waals surface area contributed by atoms with Gasteiger partial charge in [0.15, 0.2) is 0 Å². The Morgan fingerprint density at radius 1 is 1.36 bits per heavy atom. The summed E-state index contributed by atoms with van der Waals surface area (Å²) in [6.07, 6.45) is 0.892. The summed E-state index contributed by atoms with van der Waals surface area (Å²) in [7, 11) is 1.69. The fraction of sp³-hybridized carbons (Fsp3) is 1.00. The predicted octanol–water partition coefficient (Wildman–Crippen LogP) is 1.41. The molecule has 0 fully saturated rings. The van der Waals surface area contributed by atoms with Crippen LogP contribution in [0.2, 0.25) is 0 Å². The highest BCUT2D eigenvalue weighted by atomic mass is 16.5. The van der Waals surface area contributed by atoms with Crippen molar-refractivity contribution in [2.45, 2.75) is 45.8 Å². The van der Waals surface area contributed by atoms with Crippen molar-refractivity contribution in [1.29, 1.82) is 0 Å². The summed E-state index contributed by atoms with van der Waals surface area (Å²) in [4.78, 5) is 0. The van der Waals surface area contributed by atoms with Crippen molar-refractivity contribution in [3.8, 4) is 0 Å². The number of hydrogen-bond acceptors (Lipinski definition) is 3. The maximum Gasteiger partial charge on any atom is 0.0769 e. The maximum atomic E-state index is 10.1. The molecule has 0 aliphatic rings. The van der Waals surface area contributed by atoms with Crippen molar-refractivity contribution in [3.05, 3.63) is 0 Å². The van der Waals surface area contributed by atoms with E-state index in [4.69, 9.17) is 4.74 Å². The zero-order chi connectivity index (χ0) is 11.2. The summed E-state index contributed by atoms with van der Waals surface area (Å²) in [5.41, 5.74) is -0.650. The highest BCUT2D eigenvalue weighted by Crippen LogP contribution is 2.19. The smallest absolute Gasteiger partial charge is 0.0769 e. The maximum absolute atomic E-state index is 10.1. The molecule has 14 heavy (non-hydrogen) atoms. The highest BCUT2D eigenvalue weighted by Gasteiger charge is 2.27. The van der Waals surface area contributed by atoms with Gasteiger partial charge in [-0.15, -0.1) is 0 Å². The standard InChI is InChI=1S/C11H25NO2/c1-9(2)12-8-11(4,13)10(3)6-7-14-5/h9-10,12-13H,6-8H2,1-5H3. The fourth-order valence-electron chi connectivity index (χ4n) is 1.19. The van der Waals surface area contributed by atoms with Gasteiger partial charge in [0.25, 0.3) is 0 Å². The molecule has 0 bridgehead atoms. The van der Waals surface area contributed by atoms with Crippen LogP contribution in [0.1, 0.15) is 34.1 Å². The minimum absolute atomic E-state index is 0.244. The van der Waals surface area contributed by atoms with Gasteiger partial charge in [-0.25, -0.2) is 0 Å². The van der Waals surface area contributed by atoms with Crippen molar-refractivity contribution < 1.29 is 9.84 Å². The molecule has 0 spiro atoms. The minimum Gasteiger partial charge on any atom is -0.389 e. The van der Waals surface area contributed by atoms with Crippen LogP contribution in [0, 0.1) is 5.92 Å². The summed E-state index contributed by atoms with van der Waals surface area (Å²) in [6, 6.07) is 0.413. The van der Waals surface area contributed by atoms with Crippen molar-refractivity contribution in [2.75, 3.05) is 20.3 Å². The number of hydrogen-bond donors (Lipinski definition) is 2. The Morgan fingerprint density at radius 3 is 2.36 bits per heavy atom. The number of nitrogens with one attached hydrogen (secondary N) is 1. The SMILES string of the molecule is COCCC(C)C(C)(O)CNC(C)C. The molecule has 0 rings (SSSR count). The van der Waals surface area contributed by atoms with E-state index in [1.54, 1.807) is 7.11 Å². The summed E-state index contributed by atoms with van der Waals surface area (Å²) in [5, 5.41) is 13.4. The van der Waals surface area contributed by atoms with Crippen LogP contribution in [-0.2, 0) is 4.74 Å². The number of aliphatic hydroxyl groups is 1. The highest BCUT2D eigenvalue weighted by molar-refractivity contribution is 4.82. The molecule has 0 aliphatic carbocycles. The number of methoxy groups -OCH3 is 1. The van der Waals surface area contributed by atoms with E-state index in [2.05, 4.69) is 26.1 Å². The lowest BCUT2D eigenvalue weighted by Gasteiger charge is -2.31. The van der Waals surface area contributed by atoms with E-state index >= 15 is 0 Å². The molecule has 0 aromatic carbocycles. The van der Waals surface area contributed by atoms with Gasteiger partial charge < -0.3 is 15.2 Å². The van der Waals surface area contributed by atoms with Gasteiger partial charge in [0.1, 0.15) is 0 Å². The molecule has 2 atom stereocenters. The van der Waals surface area contributed by atoms with Gasteiger partial charge in [-0.05, 0) is 19.3 Å². The first kappa shape index (κ1) is 13.9. The monoisotopic (exact) mass is 203 g/mol. The molecule has 2 unspecified atom stereocenters. The van der Waals surface area contributed by atoms with Crippen molar-refractivity contribution in [1.82, 2.24) is 5.32 Å². The average molecular weight is 203 g/mol. The molecule has 3 nitrogen and oxygen atoms in total. The quantitative estimate of drug-likeness (QED) is 0.657. The Hall–Kier alpha value is -0.120. The van der Waals surface area contributed by atoms with Crippen LogP contribution in [0.3, 0.4) is 0 Å². The zero-order valence-electron chi connectivity index (χ0n) is 10.1. The molecule has 0 aliphatic heterocycles. The first-order valence-corrected chi connectivity index (χ1v) is 5.35. The first-order valence-electron chi connectivity index (χ1n) is 5.35. The van der Waals surface area contributed by atoms with Gasteiger partial charge in [0.2, 0.25) is 0 Å². The molecule has 0 saturated carbocycles. The lowest BCUT2D eigenvalue weighted by Crippen LogP contribution is -2.45. The second kappa shape index (κ2) is 6.38. The fourth-order valence-corrected chi connectivity index (χ4v) is 1.19. The van der Waals surface area contributed by atoms with Crippen LogP contribution in [0.25, 0.3) is 0 Å². The van der Waals surface area contributed by atoms with Gasteiger partial charge in [-0.2, -0.15) is 0 Å². The molecular weight excluding hydrogens is 178 g/mol. The van der Waals surface area contributed by atoms with E-state index in [1.807, 2.05) is 6.92 Å². The molecule has 2 N–H and O–H groups in total. The van der Waals surface area contributed by atoms with E-state index in [0.29, 0.717) is 19.2 Å². The second-order valence-corrected chi connectivity index (χ2v) is 4.58.